The Morgan fingerprint density at radius 1 is 1.50 bits per heavy atom. The predicted molar refractivity (Wildman–Crippen MR) is 70.3 cm³/mol. The summed E-state index contributed by atoms with van der Waals surface area (Å²) in [7, 11) is 0. The quantitative estimate of drug-likeness (QED) is 0.872. The minimum Gasteiger partial charge on any atom is -0.300 e. The van der Waals surface area contributed by atoms with Crippen LogP contribution in [0, 0.1) is 12.7 Å². The van der Waals surface area contributed by atoms with Gasteiger partial charge in [-0.25, -0.2) is 9.07 Å². The maximum atomic E-state index is 13.2. The highest BCUT2D eigenvalue weighted by molar-refractivity contribution is 9.10. The zero-order chi connectivity index (χ0) is 13.3. The van der Waals surface area contributed by atoms with Crippen molar-refractivity contribution >= 4 is 21.7 Å². The maximum absolute atomic E-state index is 13.2. The lowest BCUT2D eigenvalue weighted by molar-refractivity contribution is -0.116. The summed E-state index contributed by atoms with van der Waals surface area (Å²) in [5.74, 6) is -0.252. The third-order valence-corrected chi connectivity index (χ3v) is 3.41. The van der Waals surface area contributed by atoms with Gasteiger partial charge >= 0.3 is 0 Å². The van der Waals surface area contributed by atoms with Crippen molar-refractivity contribution in [3.63, 3.8) is 0 Å². The van der Waals surface area contributed by atoms with Gasteiger partial charge in [0, 0.05) is 12.0 Å². The zero-order valence-corrected chi connectivity index (χ0v) is 11.7. The molecular formula is C13H12BrFN2O. The van der Waals surface area contributed by atoms with Gasteiger partial charge in [0.2, 0.25) is 0 Å². The van der Waals surface area contributed by atoms with Crippen molar-refractivity contribution in [1.29, 1.82) is 0 Å². The van der Waals surface area contributed by atoms with Crippen LogP contribution >= 0.6 is 15.9 Å². The van der Waals surface area contributed by atoms with Crippen LogP contribution in [0.2, 0.25) is 0 Å². The van der Waals surface area contributed by atoms with E-state index in [1.165, 1.54) is 19.1 Å². The normalized spacial score (nSPS) is 10.7. The Morgan fingerprint density at radius 2 is 2.22 bits per heavy atom. The number of hydrogen-bond donors (Lipinski definition) is 0. The Hall–Kier alpha value is -1.49. The smallest absolute Gasteiger partial charge is 0.134 e. The monoisotopic (exact) mass is 310 g/mol. The number of Topliss-reactive ketones (excluding diaryl/α,β-unsaturated/α-hetero) is 1. The Labute approximate surface area is 113 Å². The molecule has 0 aliphatic heterocycles. The lowest BCUT2D eigenvalue weighted by atomic mass is 10.1. The molecule has 3 nitrogen and oxygen atoms in total. The first-order valence-electron chi connectivity index (χ1n) is 5.48. The van der Waals surface area contributed by atoms with E-state index in [0.29, 0.717) is 16.7 Å². The molecule has 0 amide bonds. The van der Waals surface area contributed by atoms with Gasteiger partial charge in [-0.15, -0.1) is 0 Å². The Balaban J connectivity index is 2.50. The van der Waals surface area contributed by atoms with E-state index >= 15 is 0 Å². The molecule has 1 heterocycles. The zero-order valence-electron chi connectivity index (χ0n) is 10.1. The van der Waals surface area contributed by atoms with Gasteiger partial charge in [-0.05, 0) is 48.0 Å². The van der Waals surface area contributed by atoms with Crippen LogP contribution in [-0.4, -0.2) is 15.6 Å². The second kappa shape index (κ2) is 5.02. The minimum atomic E-state index is -0.319. The predicted octanol–water partition coefficient (Wildman–Crippen LogP) is 3.21. The molecule has 0 atom stereocenters. The first kappa shape index (κ1) is 13.0. The highest BCUT2D eigenvalue weighted by Crippen LogP contribution is 2.24. The SMILES string of the molecule is CC(=O)Cc1c(C)nn(-c2cccc(F)c2)c1Br. The van der Waals surface area contributed by atoms with Gasteiger partial charge in [0.25, 0.3) is 0 Å². The van der Waals surface area contributed by atoms with E-state index in [0.717, 1.165) is 11.3 Å². The van der Waals surface area contributed by atoms with E-state index in [1.54, 1.807) is 16.8 Å². The van der Waals surface area contributed by atoms with Crippen LogP contribution in [0.5, 0.6) is 0 Å². The van der Waals surface area contributed by atoms with E-state index in [2.05, 4.69) is 21.0 Å². The average Bonchev–Trinajstić information content (AvgIpc) is 2.56. The molecule has 18 heavy (non-hydrogen) atoms. The molecule has 0 radical (unpaired) electrons. The fourth-order valence-corrected chi connectivity index (χ4v) is 2.47. The summed E-state index contributed by atoms with van der Waals surface area (Å²) in [6.07, 6.45) is 0.321. The van der Waals surface area contributed by atoms with Crippen LogP contribution in [0.3, 0.4) is 0 Å². The van der Waals surface area contributed by atoms with E-state index < -0.39 is 0 Å². The highest BCUT2D eigenvalue weighted by atomic mass is 79.9. The average molecular weight is 311 g/mol. The van der Waals surface area contributed by atoms with Crippen LogP contribution in [0.4, 0.5) is 4.39 Å². The summed E-state index contributed by atoms with van der Waals surface area (Å²) in [4.78, 5) is 11.2. The molecule has 2 rings (SSSR count). The number of aryl methyl sites for hydroxylation is 1. The third kappa shape index (κ3) is 2.51. The molecular weight excluding hydrogens is 299 g/mol. The summed E-state index contributed by atoms with van der Waals surface area (Å²) < 4.78 is 15.5. The molecule has 0 fully saturated rings. The van der Waals surface area contributed by atoms with Gasteiger partial charge in [-0.1, -0.05) is 6.07 Å². The summed E-state index contributed by atoms with van der Waals surface area (Å²) in [6.45, 7) is 3.37. The van der Waals surface area contributed by atoms with Crippen LogP contribution in [-0.2, 0) is 11.2 Å². The van der Waals surface area contributed by atoms with Crippen molar-refractivity contribution in [2.45, 2.75) is 20.3 Å². The number of hydrogen-bond acceptors (Lipinski definition) is 2. The van der Waals surface area contributed by atoms with Gasteiger partial charge in [0.05, 0.1) is 11.4 Å². The van der Waals surface area contributed by atoms with Crippen LogP contribution in [0.25, 0.3) is 5.69 Å². The third-order valence-electron chi connectivity index (χ3n) is 2.60. The number of benzene rings is 1. The molecule has 0 unspecified atom stereocenters. The van der Waals surface area contributed by atoms with Crippen molar-refractivity contribution in [2.24, 2.45) is 0 Å². The van der Waals surface area contributed by atoms with Crippen LogP contribution < -0.4 is 0 Å². The van der Waals surface area contributed by atoms with Crippen molar-refractivity contribution in [3.05, 3.63) is 45.9 Å². The molecule has 0 saturated carbocycles. The largest absolute Gasteiger partial charge is 0.300 e. The summed E-state index contributed by atoms with van der Waals surface area (Å²) in [5.41, 5.74) is 2.23. The minimum absolute atomic E-state index is 0.0672. The second-order valence-corrected chi connectivity index (χ2v) is 4.88. The molecule has 0 N–H and O–H groups in total. The van der Waals surface area contributed by atoms with Crippen LogP contribution in [0.1, 0.15) is 18.2 Å². The van der Waals surface area contributed by atoms with Crippen LogP contribution in [0.15, 0.2) is 28.9 Å². The number of nitrogens with zero attached hydrogens (tertiary/aromatic N) is 2. The number of rotatable bonds is 3. The van der Waals surface area contributed by atoms with Gasteiger partial charge in [-0.2, -0.15) is 5.10 Å². The van der Waals surface area contributed by atoms with Gasteiger partial charge in [0.1, 0.15) is 16.2 Å². The lowest BCUT2D eigenvalue weighted by Crippen LogP contribution is -1.99. The number of carbonyl (C=O) groups is 1. The molecule has 0 spiro atoms. The number of ketones is 1. The molecule has 5 heteroatoms. The first-order valence-corrected chi connectivity index (χ1v) is 6.27. The Kier molecular flexibility index (Phi) is 3.61. The molecule has 0 aliphatic rings. The Morgan fingerprint density at radius 3 is 2.83 bits per heavy atom. The van der Waals surface area contributed by atoms with E-state index in [9.17, 15) is 9.18 Å². The highest BCUT2D eigenvalue weighted by Gasteiger charge is 2.15. The lowest BCUT2D eigenvalue weighted by Gasteiger charge is -2.03. The molecule has 0 aliphatic carbocycles. The standard InChI is InChI=1S/C13H12BrFN2O/c1-8(18)6-12-9(2)16-17(13(12)14)11-5-3-4-10(15)7-11/h3-5,7H,6H2,1-2H3. The number of carbonyl (C=O) groups excluding carboxylic acids is 1. The topological polar surface area (TPSA) is 34.9 Å². The second-order valence-electron chi connectivity index (χ2n) is 4.13. The molecule has 1 aromatic heterocycles. The maximum Gasteiger partial charge on any atom is 0.134 e. The van der Waals surface area contributed by atoms with Crippen molar-refractivity contribution < 1.29 is 9.18 Å². The molecule has 0 saturated heterocycles. The van der Waals surface area contributed by atoms with Crippen molar-refractivity contribution in [1.82, 2.24) is 9.78 Å². The van der Waals surface area contributed by atoms with E-state index in [4.69, 9.17) is 0 Å². The number of halogens is 2. The summed E-state index contributed by atoms with van der Waals surface area (Å²) >= 11 is 3.42. The summed E-state index contributed by atoms with van der Waals surface area (Å²) in [6, 6.07) is 6.16. The fourth-order valence-electron chi connectivity index (χ4n) is 1.76. The van der Waals surface area contributed by atoms with Gasteiger partial charge < -0.3 is 0 Å². The van der Waals surface area contributed by atoms with Crippen molar-refractivity contribution in [3.8, 4) is 5.69 Å². The summed E-state index contributed by atoms with van der Waals surface area (Å²) in [5, 5.41) is 4.33. The fraction of sp³-hybridized carbons (Fsp3) is 0.231. The Bertz CT molecular complexity index is 607. The van der Waals surface area contributed by atoms with Crippen molar-refractivity contribution in [2.75, 3.05) is 0 Å². The van der Waals surface area contributed by atoms with E-state index in [1.807, 2.05) is 6.92 Å². The molecule has 1 aromatic carbocycles. The molecule has 2 aromatic rings. The van der Waals surface area contributed by atoms with Gasteiger partial charge in [0.15, 0.2) is 0 Å². The first-order chi connectivity index (χ1) is 8.49. The van der Waals surface area contributed by atoms with E-state index in [-0.39, 0.29) is 11.6 Å². The van der Waals surface area contributed by atoms with Gasteiger partial charge in [-0.3, -0.25) is 4.79 Å². The molecule has 94 valence electrons. The molecule has 0 bridgehead atoms. The number of aromatic nitrogens is 2.